The van der Waals surface area contributed by atoms with Gasteiger partial charge in [0.25, 0.3) is 0 Å². The minimum absolute atomic E-state index is 0.0208. The van der Waals surface area contributed by atoms with E-state index >= 15 is 0 Å². The Bertz CT molecular complexity index is 270. The normalized spacial score (nSPS) is 29.8. The van der Waals surface area contributed by atoms with Crippen LogP contribution in [-0.4, -0.2) is 20.0 Å². The van der Waals surface area contributed by atoms with Crippen molar-refractivity contribution in [3.8, 4) is 0 Å². The molecule has 2 rings (SSSR count). The fraction of sp³-hybridized carbons (Fsp3) is 0.636. The van der Waals surface area contributed by atoms with Gasteiger partial charge in [-0.15, -0.1) is 0 Å². The van der Waals surface area contributed by atoms with Gasteiger partial charge >= 0.3 is 0 Å². The third-order valence-corrected chi connectivity index (χ3v) is 3.74. The van der Waals surface area contributed by atoms with E-state index < -0.39 is 5.79 Å². The molecule has 13 heavy (non-hydrogen) atoms. The maximum atomic E-state index is 5.53. The second-order valence-corrected chi connectivity index (χ2v) is 4.24. The molecule has 2 heteroatoms. The second-order valence-electron chi connectivity index (χ2n) is 4.24. The van der Waals surface area contributed by atoms with E-state index in [9.17, 15) is 0 Å². The van der Waals surface area contributed by atoms with E-state index in [2.05, 4.69) is 38.2 Å². The molecule has 1 saturated carbocycles. The Hall–Kier alpha value is -0.600. The molecule has 0 aromatic carbocycles. The average molecular weight is 180 g/mol. The fourth-order valence-electron chi connectivity index (χ4n) is 2.90. The van der Waals surface area contributed by atoms with Crippen molar-refractivity contribution in [1.82, 2.24) is 0 Å². The molecule has 0 atom stereocenters. The van der Waals surface area contributed by atoms with Crippen LogP contribution in [0.1, 0.15) is 13.8 Å². The van der Waals surface area contributed by atoms with E-state index in [-0.39, 0.29) is 10.8 Å². The highest BCUT2D eigenvalue weighted by Crippen LogP contribution is 2.76. The van der Waals surface area contributed by atoms with Crippen molar-refractivity contribution in [2.75, 3.05) is 14.2 Å². The molecule has 0 unspecified atom stereocenters. The molecule has 1 fully saturated rings. The molecule has 0 heterocycles. The molecule has 0 saturated heterocycles. The molecule has 72 valence electrons. The molecule has 0 aromatic rings. The fourth-order valence-corrected chi connectivity index (χ4v) is 2.90. The van der Waals surface area contributed by atoms with Crippen molar-refractivity contribution < 1.29 is 9.47 Å². The summed E-state index contributed by atoms with van der Waals surface area (Å²) >= 11 is 0. The minimum Gasteiger partial charge on any atom is -0.351 e. The quantitative estimate of drug-likeness (QED) is 0.606. The van der Waals surface area contributed by atoms with Crippen molar-refractivity contribution in [3.05, 3.63) is 24.3 Å². The van der Waals surface area contributed by atoms with Gasteiger partial charge in [-0.1, -0.05) is 38.2 Å². The van der Waals surface area contributed by atoms with Crippen LogP contribution in [0.15, 0.2) is 24.3 Å². The molecule has 0 amide bonds. The SMILES string of the molecule is COC1(OC)C(C)(C)C12C=CC=C2. The standard InChI is InChI=1S/C11H16O2/c1-9(2)10(7-5-6-8-10)11(9,12-3)13-4/h5-8H,1-4H3. The van der Waals surface area contributed by atoms with Gasteiger partial charge in [0.2, 0.25) is 0 Å². The first-order valence-electron chi connectivity index (χ1n) is 4.55. The molecule has 0 aliphatic heterocycles. The summed E-state index contributed by atoms with van der Waals surface area (Å²) in [5.41, 5.74) is -0.0312. The highest BCUT2D eigenvalue weighted by Gasteiger charge is 2.83. The Kier molecular flexibility index (Phi) is 1.55. The van der Waals surface area contributed by atoms with Crippen LogP contribution in [0.5, 0.6) is 0 Å². The Morgan fingerprint density at radius 2 is 1.38 bits per heavy atom. The van der Waals surface area contributed by atoms with Crippen molar-refractivity contribution in [2.24, 2.45) is 10.8 Å². The lowest BCUT2D eigenvalue weighted by Crippen LogP contribution is -2.24. The smallest absolute Gasteiger partial charge is 0.187 e. The zero-order valence-electron chi connectivity index (χ0n) is 8.63. The van der Waals surface area contributed by atoms with E-state index in [1.54, 1.807) is 14.2 Å². The summed E-state index contributed by atoms with van der Waals surface area (Å²) in [7, 11) is 3.42. The molecule has 2 aliphatic rings. The second kappa shape index (κ2) is 2.25. The number of allylic oxidation sites excluding steroid dienone is 2. The summed E-state index contributed by atoms with van der Waals surface area (Å²) in [5, 5.41) is 0. The van der Waals surface area contributed by atoms with Crippen molar-refractivity contribution in [1.29, 1.82) is 0 Å². The molecule has 2 aliphatic carbocycles. The number of rotatable bonds is 2. The Balaban J connectivity index is 2.44. The van der Waals surface area contributed by atoms with Crippen LogP contribution in [0.2, 0.25) is 0 Å². The van der Waals surface area contributed by atoms with E-state index in [4.69, 9.17) is 9.47 Å². The van der Waals surface area contributed by atoms with Gasteiger partial charge in [-0.2, -0.15) is 0 Å². The van der Waals surface area contributed by atoms with Gasteiger partial charge in [0.1, 0.15) is 0 Å². The van der Waals surface area contributed by atoms with Crippen LogP contribution >= 0.6 is 0 Å². The summed E-state index contributed by atoms with van der Waals surface area (Å²) in [6.07, 6.45) is 8.45. The third kappa shape index (κ3) is 0.649. The van der Waals surface area contributed by atoms with E-state index in [1.165, 1.54) is 0 Å². The largest absolute Gasteiger partial charge is 0.351 e. The predicted molar refractivity (Wildman–Crippen MR) is 51.2 cm³/mol. The summed E-state index contributed by atoms with van der Waals surface area (Å²) in [5.74, 6) is -0.469. The lowest BCUT2D eigenvalue weighted by molar-refractivity contribution is -0.162. The third-order valence-electron chi connectivity index (χ3n) is 3.74. The van der Waals surface area contributed by atoms with Gasteiger partial charge in [0.05, 0.1) is 5.41 Å². The molecule has 0 bridgehead atoms. The first-order valence-corrected chi connectivity index (χ1v) is 4.55. The summed E-state index contributed by atoms with van der Waals surface area (Å²) in [4.78, 5) is 0. The van der Waals surface area contributed by atoms with Crippen LogP contribution < -0.4 is 0 Å². The Labute approximate surface area is 79.2 Å². The Morgan fingerprint density at radius 3 is 1.69 bits per heavy atom. The van der Waals surface area contributed by atoms with Crippen molar-refractivity contribution in [3.63, 3.8) is 0 Å². The highest BCUT2D eigenvalue weighted by atomic mass is 16.7. The van der Waals surface area contributed by atoms with Gasteiger partial charge in [-0.25, -0.2) is 0 Å². The van der Waals surface area contributed by atoms with Crippen LogP contribution in [0.4, 0.5) is 0 Å². The van der Waals surface area contributed by atoms with E-state index in [1.807, 2.05) is 0 Å². The van der Waals surface area contributed by atoms with Gasteiger partial charge < -0.3 is 9.47 Å². The number of methoxy groups -OCH3 is 2. The lowest BCUT2D eigenvalue weighted by Gasteiger charge is -2.17. The van der Waals surface area contributed by atoms with E-state index in [0.29, 0.717) is 0 Å². The summed E-state index contributed by atoms with van der Waals surface area (Å²) < 4.78 is 11.1. The molecular weight excluding hydrogens is 164 g/mol. The molecule has 0 radical (unpaired) electrons. The van der Waals surface area contributed by atoms with Gasteiger partial charge in [-0.05, 0) is 0 Å². The van der Waals surface area contributed by atoms with Gasteiger partial charge in [-0.3, -0.25) is 0 Å². The monoisotopic (exact) mass is 180 g/mol. The van der Waals surface area contributed by atoms with Crippen LogP contribution in [0.25, 0.3) is 0 Å². The molecular formula is C11H16O2. The van der Waals surface area contributed by atoms with Crippen LogP contribution in [-0.2, 0) is 9.47 Å². The number of hydrogen-bond acceptors (Lipinski definition) is 2. The number of hydrogen-bond donors (Lipinski definition) is 0. The molecule has 0 aromatic heterocycles. The first kappa shape index (κ1) is 8.97. The van der Waals surface area contributed by atoms with E-state index in [0.717, 1.165) is 0 Å². The van der Waals surface area contributed by atoms with Crippen LogP contribution in [0, 0.1) is 10.8 Å². The van der Waals surface area contributed by atoms with Crippen LogP contribution in [0.3, 0.4) is 0 Å². The van der Waals surface area contributed by atoms with Gasteiger partial charge in [0, 0.05) is 19.6 Å². The number of ether oxygens (including phenoxy) is 2. The zero-order valence-corrected chi connectivity index (χ0v) is 8.63. The molecule has 0 N–H and O–H groups in total. The van der Waals surface area contributed by atoms with Crippen molar-refractivity contribution >= 4 is 0 Å². The summed E-state index contributed by atoms with van der Waals surface area (Å²) in [6.45, 7) is 4.33. The lowest BCUT2D eigenvalue weighted by atomic mass is 9.98. The average Bonchev–Trinajstić information content (AvgIpc) is 2.50. The van der Waals surface area contributed by atoms with Crippen molar-refractivity contribution in [2.45, 2.75) is 19.6 Å². The first-order chi connectivity index (χ1) is 6.08. The predicted octanol–water partition coefficient (Wildman–Crippen LogP) is 2.13. The topological polar surface area (TPSA) is 18.5 Å². The zero-order chi connectivity index (χ0) is 9.74. The maximum Gasteiger partial charge on any atom is 0.187 e. The molecule has 2 nitrogen and oxygen atoms in total. The summed E-state index contributed by atoms with van der Waals surface area (Å²) in [6, 6.07) is 0. The maximum absolute atomic E-state index is 5.53. The van der Waals surface area contributed by atoms with Gasteiger partial charge in [0.15, 0.2) is 5.79 Å². The Morgan fingerprint density at radius 1 is 0.923 bits per heavy atom. The minimum atomic E-state index is -0.469. The molecule has 1 spiro atoms. The highest BCUT2D eigenvalue weighted by molar-refractivity contribution is 5.45.